The summed E-state index contributed by atoms with van der Waals surface area (Å²) in [5.74, 6) is 3.66. The highest BCUT2D eigenvalue weighted by Gasteiger charge is 2.48. The topological polar surface area (TPSA) is 166 Å². The quantitative estimate of drug-likeness (QED) is 0.0480. The van der Waals surface area contributed by atoms with Crippen molar-refractivity contribution in [2.24, 2.45) is 33.9 Å². The van der Waals surface area contributed by atoms with Crippen LogP contribution in [0.25, 0.3) is 0 Å². The van der Waals surface area contributed by atoms with Crippen LogP contribution in [0.4, 0.5) is 11.4 Å². The second-order valence-corrected chi connectivity index (χ2v) is 24.4. The Hall–Kier alpha value is -5.14. The number of nitrogens with zero attached hydrogens (tertiary/aromatic N) is 4. The maximum atomic E-state index is 13.5. The van der Waals surface area contributed by atoms with Gasteiger partial charge in [0, 0.05) is 39.0 Å². The Morgan fingerprint density at radius 1 is 0.443 bits per heavy atom. The van der Waals surface area contributed by atoms with Gasteiger partial charge < -0.3 is 30.7 Å². The number of benzene rings is 2. The van der Waals surface area contributed by atoms with E-state index in [0.717, 1.165) is 126 Å². The zero-order valence-corrected chi connectivity index (χ0v) is 51.7. The molecule has 14 nitrogen and oxygen atoms in total. The number of unbranched alkanes of at least 4 members (excludes halogenated alkanes) is 11. The number of anilines is 2. The fourth-order valence-electron chi connectivity index (χ4n) is 9.71. The molecule has 2 heterocycles. The van der Waals surface area contributed by atoms with Gasteiger partial charge in [-0.05, 0) is 125 Å². The molecule has 0 saturated carbocycles. The molecule has 4 amide bonds. The maximum Gasteiger partial charge on any atom is 0.267 e. The van der Waals surface area contributed by atoms with E-state index >= 15 is 0 Å². The van der Waals surface area contributed by atoms with E-state index in [4.69, 9.17) is 14.6 Å². The van der Waals surface area contributed by atoms with Crippen LogP contribution in [0.15, 0.2) is 58.7 Å². The van der Waals surface area contributed by atoms with Crippen LogP contribution in [0, 0.1) is 23.7 Å². The van der Waals surface area contributed by atoms with Gasteiger partial charge in [0.05, 0.1) is 24.6 Å². The van der Waals surface area contributed by atoms with Crippen LogP contribution in [-0.4, -0.2) is 85.5 Å². The largest absolute Gasteiger partial charge is 0.494 e. The summed E-state index contributed by atoms with van der Waals surface area (Å²) >= 11 is 0. The van der Waals surface area contributed by atoms with Gasteiger partial charge in [-0.3, -0.25) is 19.2 Å². The Morgan fingerprint density at radius 3 is 1.09 bits per heavy atom. The van der Waals surface area contributed by atoms with E-state index in [-0.39, 0.29) is 36.5 Å². The summed E-state index contributed by atoms with van der Waals surface area (Å²) in [5, 5.41) is 25.1. The van der Waals surface area contributed by atoms with E-state index in [0.29, 0.717) is 74.5 Å². The maximum absolute atomic E-state index is 13.5. The minimum absolute atomic E-state index is 0.103. The lowest BCUT2D eigenvalue weighted by atomic mass is 9.93. The lowest BCUT2D eigenvalue weighted by Crippen LogP contribution is -2.53. The van der Waals surface area contributed by atoms with E-state index in [1.807, 2.05) is 62.4 Å². The number of carbonyl (C=O) groups excluding carboxylic acids is 4. The van der Waals surface area contributed by atoms with Gasteiger partial charge in [-0.25, -0.2) is 10.0 Å². The zero-order chi connectivity index (χ0) is 58.1. The van der Waals surface area contributed by atoms with Crippen molar-refractivity contribution in [3.8, 4) is 11.5 Å². The van der Waals surface area contributed by atoms with Crippen molar-refractivity contribution in [1.29, 1.82) is 0 Å². The van der Waals surface area contributed by atoms with Gasteiger partial charge in [0.1, 0.15) is 34.0 Å². The van der Waals surface area contributed by atoms with Crippen LogP contribution in [0.2, 0.25) is 0 Å². The highest BCUT2D eigenvalue weighted by atomic mass is 16.5. The third-order valence-electron chi connectivity index (χ3n) is 14.8. The molecular weight excluding hydrogens is 989 g/mol. The Bertz CT molecular complexity index is 2110. The summed E-state index contributed by atoms with van der Waals surface area (Å²) in [6.45, 7) is 29.7. The number of carbonyl (C=O) groups is 4. The van der Waals surface area contributed by atoms with Crippen LogP contribution < -0.4 is 40.8 Å². The summed E-state index contributed by atoms with van der Waals surface area (Å²) in [7, 11) is 0. The SMILES string of the molecule is CCCCCCCCOc1ccc(N2N=C(C(=O)NCCCCC(C)C)CC2(C)C(=O)NCCCCC(C)C)cc1.CCCCCOc1ccc(N2N=C(C(=O)NCCCCC(C)C)CC2(C)C(=O)NCCCCC(C)C)cc1. The molecule has 79 heavy (non-hydrogen) atoms. The van der Waals surface area contributed by atoms with Crippen LogP contribution in [0.1, 0.15) is 231 Å². The predicted octanol–water partition coefficient (Wildman–Crippen LogP) is 14.1. The van der Waals surface area contributed by atoms with Gasteiger partial charge in [-0.1, -0.05) is 166 Å². The zero-order valence-electron chi connectivity index (χ0n) is 51.7. The highest BCUT2D eigenvalue weighted by Crippen LogP contribution is 2.36. The van der Waals surface area contributed by atoms with Gasteiger partial charge >= 0.3 is 0 Å². The third-order valence-corrected chi connectivity index (χ3v) is 14.8. The second kappa shape index (κ2) is 37.7. The highest BCUT2D eigenvalue weighted by molar-refractivity contribution is 6.41. The molecule has 0 aromatic heterocycles. The van der Waals surface area contributed by atoms with Gasteiger partial charge in [0.2, 0.25) is 11.8 Å². The number of hydrogen-bond donors (Lipinski definition) is 4. The second-order valence-electron chi connectivity index (χ2n) is 24.4. The van der Waals surface area contributed by atoms with Crippen LogP contribution >= 0.6 is 0 Å². The molecule has 2 aliphatic heterocycles. The standard InChI is InChI=1S/C34H58N4O3.C31H52N4O3/c1-7-8-9-10-11-16-25-41-30-21-19-29(20-22-30)38-34(6,33(40)36-24-15-13-18-28(4)5)26-31(37-38)32(39)35-23-14-12-17-27(2)3;1-7-8-13-22-38-27-18-16-26(17-19-27)35-31(6,30(37)33-21-12-10-15-25(4)5)23-28(34-35)29(36)32-20-11-9-14-24(2)3/h19-22,27-28H,7-18,23-26H2,1-6H3,(H,35,39)(H,36,40);16-19,24-25H,7-15,20-23H2,1-6H3,(H,32,36)(H,33,37). The molecule has 2 aliphatic rings. The Balaban J connectivity index is 0.000000416. The lowest BCUT2D eigenvalue weighted by molar-refractivity contribution is -0.126. The molecule has 0 radical (unpaired) electrons. The first-order valence-corrected chi connectivity index (χ1v) is 31.2. The van der Waals surface area contributed by atoms with Gasteiger partial charge in [-0.2, -0.15) is 10.2 Å². The van der Waals surface area contributed by atoms with Crippen LogP contribution in [0.5, 0.6) is 11.5 Å². The molecule has 0 aliphatic carbocycles. The van der Waals surface area contributed by atoms with E-state index < -0.39 is 11.1 Å². The van der Waals surface area contributed by atoms with E-state index in [2.05, 4.69) is 95.6 Å². The molecule has 4 N–H and O–H groups in total. The average Bonchev–Trinajstić information content (AvgIpc) is 4.08. The Morgan fingerprint density at radius 2 is 0.747 bits per heavy atom. The van der Waals surface area contributed by atoms with Crippen molar-refractivity contribution in [3.63, 3.8) is 0 Å². The molecule has 0 spiro atoms. The van der Waals surface area contributed by atoms with Crippen molar-refractivity contribution < 1.29 is 28.7 Å². The summed E-state index contributed by atoms with van der Waals surface area (Å²) in [4.78, 5) is 53.1. The Kier molecular flexibility index (Phi) is 32.5. The molecule has 0 bridgehead atoms. The molecule has 4 rings (SSSR count). The number of rotatable bonds is 39. The van der Waals surface area contributed by atoms with E-state index in [1.165, 1.54) is 32.1 Å². The van der Waals surface area contributed by atoms with Crippen molar-refractivity contribution in [3.05, 3.63) is 48.5 Å². The molecule has 14 heteroatoms. The summed E-state index contributed by atoms with van der Waals surface area (Å²) in [5.41, 5.74) is 0.368. The Labute approximate surface area is 479 Å². The van der Waals surface area contributed by atoms with Gasteiger partial charge in [0.25, 0.3) is 11.8 Å². The molecule has 2 aromatic rings. The average molecular weight is 1100 g/mol. The fourth-order valence-corrected chi connectivity index (χ4v) is 9.71. The third kappa shape index (κ3) is 25.5. The summed E-state index contributed by atoms with van der Waals surface area (Å²) < 4.78 is 11.8. The molecule has 2 atom stereocenters. The molecular formula is C65H110N8O6. The normalized spacial score (nSPS) is 17.0. The van der Waals surface area contributed by atoms with Crippen LogP contribution in [0.3, 0.4) is 0 Å². The fraction of sp³-hybridized carbons (Fsp3) is 0.723. The molecule has 446 valence electrons. The number of hydrazone groups is 2. The first kappa shape index (κ1) is 68.1. The minimum atomic E-state index is -0.983. The van der Waals surface area contributed by atoms with Crippen LogP contribution in [-0.2, 0) is 19.2 Å². The number of hydrogen-bond acceptors (Lipinski definition) is 10. The number of nitrogens with one attached hydrogen (secondary N) is 4. The van der Waals surface area contributed by atoms with Crippen molar-refractivity contribution in [2.45, 2.75) is 242 Å². The van der Waals surface area contributed by atoms with Crippen molar-refractivity contribution >= 4 is 46.4 Å². The van der Waals surface area contributed by atoms with Crippen molar-refractivity contribution in [1.82, 2.24) is 21.3 Å². The smallest absolute Gasteiger partial charge is 0.267 e. The van der Waals surface area contributed by atoms with Crippen molar-refractivity contribution in [2.75, 3.05) is 49.4 Å². The summed E-state index contributed by atoms with van der Waals surface area (Å²) in [6.07, 6.45) is 23.9. The van der Waals surface area contributed by atoms with Gasteiger partial charge in [0.15, 0.2) is 0 Å². The summed E-state index contributed by atoms with van der Waals surface area (Å²) in [6, 6.07) is 15.4. The van der Waals surface area contributed by atoms with E-state index in [9.17, 15) is 19.2 Å². The molecule has 2 aromatic carbocycles. The monoisotopic (exact) mass is 1100 g/mol. The predicted molar refractivity (Wildman–Crippen MR) is 329 cm³/mol. The molecule has 0 fully saturated rings. The first-order valence-electron chi connectivity index (χ1n) is 31.2. The van der Waals surface area contributed by atoms with Gasteiger partial charge in [-0.15, -0.1) is 0 Å². The molecule has 0 saturated heterocycles. The first-order chi connectivity index (χ1) is 37.8. The van der Waals surface area contributed by atoms with E-state index in [1.54, 1.807) is 10.0 Å². The minimum Gasteiger partial charge on any atom is -0.494 e. The number of amides is 4. The number of ether oxygens (including phenoxy) is 2. The molecule has 2 unspecified atom stereocenters. The lowest BCUT2D eigenvalue weighted by Gasteiger charge is -2.33.